The smallest absolute Gasteiger partial charge is 0.271 e. The number of hydrogen-bond acceptors (Lipinski definition) is 6. The van der Waals surface area contributed by atoms with Crippen molar-refractivity contribution in [3.05, 3.63) is 40.8 Å². The molecule has 24 heavy (non-hydrogen) atoms. The maximum Gasteiger partial charge on any atom is 0.271 e. The molecule has 2 aliphatic rings. The highest BCUT2D eigenvalue weighted by atomic mass is 32.2. The van der Waals surface area contributed by atoms with Crippen molar-refractivity contribution in [2.45, 2.75) is 23.4 Å². The molecule has 0 unspecified atom stereocenters. The Morgan fingerprint density at radius 2 is 2.21 bits per heavy atom. The maximum atomic E-state index is 12.9. The molecule has 1 aromatic carbocycles. The summed E-state index contributed by atoms with van der Waals surface area (Å²) >= 11 is 1.34. The predicted molar refractivity (Wildman–Crippen MR) is 87.6 cm³/mol. The van der Waals surface area contributed by atoms with Crippen LogP contribution in [0.15, 0.2) is 40.1 Å². The molecule has 2 aromatic rings. The number of para-hydroxylation sites is 1. The Labute approximate surface area is 143 Å². The minimum atomic E-state index is -3.64. The largest absolute Gasteiger partial charge is 0.490 e. The van der Waals surface area contributed by atoms with Crippen molar-refractivity contribution in [2.24, 2.45) is 0 Å². The van der Waals surface area contributed by atoms with Crippen molar-refractivity contribution in [3.8, 4) is 5.75 Å². The van der Waals surface area contributed by atoms with E-state index < -0.39 is 10.0 Å². The van der Waals surface area contributed by atoms with Crippen LogP contribution in [0.2, 0.25) is 0 Å². The molecule has 1 fully saturated rings. The Morgan fingerprint density at radius 3 is 3.00 bits per heavy atom. The van der Waals surface area contributed by atoms with Gasteiger partial charge in [-0.15, -0.1) is 11.3 Å². The third-order valence-electron chi connectivity index (χ3n) is 4.23. The minimum Gasteiger partial charge on any atom is -0.490 e. The number of rotatable bonds is 2. The predicted octanol–water partition coefficient (Wildman–Crippen LogP) is 1.10. The molecule has 2 aliphatic heterocycles. The van der Waals surface area contributed by atoms with E-state index in [0.717, 1.165) is 0 Å². The first-order chi connectivity index (χ1) is 11.6. The van der Waals surface area contributed by atoms with Gasteiger partial charge in [0.05, 0.1) is 11.6 Å². The number of nitrogens with one attached hydrogen (secondary N) is 1. The first-order valence-electron chi connectivity index (χ1n) is 7.48. The third-order valence-corrected chi connectivity index (χ3v) is 6.78. The van der Waals surface area contributed by atoms with E-state index in [2.05, 4.69) is 10.3 Å². The second kappa shape index (κ2) is 5.83. The molecule has 4 rings (SSSR count). The van der Waals surface area contributed by atoms with Crippen LogP contribution in [0.5, 0.6) is 5.75 Å². The van der Waals surface area contributed by atoms with Gasteiger partial charge in [0.2, 0.25) is 10.0 Å². The molecule has 1 saturated heterocycles. The number of fused-ring (bicyclic) bond motifs is 2. The fraction of sp³-hybridized carbons (Fsp3) is 0.333. The minimum absolute atomic E-state index is 0.180. The zero-order chi connectivity index (χ0) is 16.7. The van der Waals surface area contributed by atoms with Crippen LogP contribution in [0.25, 0.3) is 0 Å². The number of benzene rings is 1. The van der Waals surface area contributed by atoms with Crippen LogP contribution in [0.3, 0.4) is 0 Å². The van der Waals surface area contributed by atoms with Crippen LogP contribution >= 0.6 is 11.3 Å². The fourth-order valence-corrected chi connectivity index (χ4v) is 5.45. The second-order valence-electron chi connectivity index (χ2n) is 5.77. The molecule has 1 aromatic heterocycles. The van der Waals surface area contributed by atoms with E-state index in [4.69, 9.17) is 4.74 Å². The summed E-state index contributed by atoms with van der Waals surface area (Å²) in [5, 5.41) is 4.53. The summed E-state index contributed by atoms with van der Waals surface area (Å²) in [7, 11) is -3.64. The number of nitrogens with zero attached hydrogens (tertiary/aromatic N) is 2. The van der Waals surface area contributed by atoms with Gasteiger partial charge >= 0.3 is 0 Å². The first-order valence-corrected chi connectivity index (χ1v) is 9.87. The van der Waals surface area contributed by atoms with Gasteiger partial charge in [-0.3, -0.25) is 4.79 Å². The van der Waals surface area contributed by atoms with Crippen LogP contribution < -0.4 is 10.1 Å². The van der Waals surface area contributed by atoms with Gasteiger partial charge in [-0.25, -0.2) is 13.4 Å². The quantitative estimate of drug-likeness (QED) is 0.861. The average Bonchev–Trinajstić information content (AvgIpc) is 3.21. The topological polar surface area (TPSA) is 88.6 Å². The summed E-state index contributed by atoms with van der Waals surface area (Å²) in [6, 6.07) is 6.10. The number of amides is 1. The zero-order valence-corrected chi connectivity index (χ0v) is 14.2. The monoisotopic (exact) mass is 365 g/mol. The third kappa shape index (κ3) is 2.58. The first kappa shape index (κ1) is 15.6. The van der Waals surface area contributed by atoms with Gasteiger partial charge in [-0.2, -0.15) is 4.31 Å². The van der Waals surface area contributed by atoms with Crippen LogP contribution in [0, 0.1) is 0 Å². The van der Waals surface area contributed by atoms with Crippen LogP contribution in [0.4, 0.5) is 0 Å². The highest BCUT2D eigenvalue weighted by molar-refractivity contribution is 7.89. The molecule has 2 atom stereocenters. The lowest BCUT2D eigenvalue weighted by Crippen LogP contribution is -2.39. The fourth-order valence-electron chi connectivity index (χ4n) is 3.12. The number of thiazole rings is 1. The Morgan fingerprint density at radius 1 is 1.38 bits per heavy atom. The van der Waals surface area contributed by atoms with E-state index >= 15 is 0 Å². The summed E-state index contributed by atoms with van der Waals surface area (Å²) in [5.74, 6) is 0.104. The Bertz CT molecular complexity index is 867. The Balaban J connectivity index is 1.56. The van der Waals surface area contributed by atoms with Gasteiger partial charge in [0.1, 0.15) is 22.9 Å². The van der Waals surface area contributed by atoms with E-state index in [-0.39, 0.29) is 36.0 Å². The summed E-state index contributed by atoms with van der Waals surface area (Å²) in [6.45, 7) is 0.514. The Hall–Kier alpha value is -1.97. The SMILES string of the molecule is O=C(N[C@H]1C[C@H]2COc3ccccc3S(=O)(=O)N2C1)c1cscn1. The van der Waals surface area contributed by atoms with Crippen LogP contribution in [-0.4, -0.2) is 48.8 Å². The summed E-state index contributed by atoms with van der Waals surface area (Å²) in [4.78, 5) is 16.3. The summed E-state index contributed by atoms with van der Waals surface area (Å²) in [6.07, 6.45) is 0.517. The highest BCUT2D eigenvalue weighted by Crippen LogP contribution is 2.35. The number of sulfonamides is 1. The van der Waals surface area contributed by atoms with Gasteiger partial charge in [0.25, 0.3) is 5.91 Å². The highest BCUT2D eigenvalue weighted by Gasteiger charge is 2.44. The van der Waals surface area contributed by atoms with E-state index in [1.165, 1.54) is 15.6 Å². The molecule has 7 nitrogen and oxygen atoms in total. The molecule has 9 heteroatoms. The molecule has 0 radical (unpaired) electrons. The molecule has 126 valence electrons. The zero-order valence-electron chi connectivity index (χ0n) is 12.6. The van der Waals surface area contributed by atoms with Crippen molar-refractivity contribution in [1.29, 1.82) is 0 Å². The van der Waals surface area contributed by atoms with Gasteiger partial charge in [0, 0.05) is 18.0 Å². The molecular weight excluding hydrogens is 350 g/mol. The van der Waals surface area contributed by atoms with Crippen molar-refractivity contribution in [2.75, 3.05) is 13.2 Å². The number of carbonyl (C=O) groups is 1. The Kier molecular flexibility index (Phi) is 3.78. The van der Waals surface area contributed by atoms with Crippen molar-refractivity contribution < 1.29 is 17.9 Å². The maximum absolute atomic E-state index is 12.9. The van der Waals surface area contributed by atoms with E-state index in [1.54, 1.807) is 35.2 Å². The molecular formula is C15H15N3O4S2. The van der Waals surface area contributed by atoms with Crippen molar-refractivity contribution in [1.82, 2.24) is 14.6 Å². The normalized spacial score (nSPS) is 25.2. The van der Waals surface area contributed by atoms with Gasteiger partial charge < -0.3 is 10.1 Å². The molecule has 1 amide bonds. The molecule has 0 bridgehead atoms. The van der Waals surface area contributed by atoms with Gasteiger partial charge in [-0.05, 0) is 18.6 Å². The molecule has 0 saturated carbocycles. The number of carbonyl (C=O) groups excluding carboxylic acids is 1. The molecule has 0 spiro atoms. The lowest BCUT2D eigenvalue weighted by molar-refractivity contribution is 0.0934. The number of hydrogen-bond donors (Lipinski definition) is 1. The van der Waals surface area contributed by atoms with E-state index in [9.17, 15) is 13.2 Å². The van der Waals surface area contributed by atoms with Crippen LogP contribution in [-0.2, 0) is 10.0 Å². The van der Waals surface area contributed by atoms with Gasteiger partial charge in [-0.1, -0.05) is 12.1 Å². The average molecular weight is 365 g/mol. The number of ether oxygens (including phenoxy) is 1. The van der Waals surface area contributed by atoms with Crippen molar-refractivity contribution in [3.63, 3.8) is 0 Å². The lowest BCUT2D eigenvalue weighted by Gasteiger charge is -2.19. The van der Waals surface area contributed by atoms with Crippen LogP contribution in [0.1, 0.15) is 16.9 Å². The van der Waals surface area contributed by atoms with E-state index in [0.29, 0.717) is 17.9 Å². The van der Waals surface area contributed by atoms with E-state index in [1.807, 2.05) is 0 Å². The van der Waals surface area contributed by atoms with Gasteiger partial charge in [0.15, 0.2) is 0 Å². The summed E-state index contributed by atoms with van der Waals surface area (Å²) in [5.41, 5.74) is 1.94. The molecule has 3 heterocycles. The number of aromatic nitrogens is 1. The standard InChI is InChI=1S/C15H15N3O4S2/c19-15(12-8-23-9-16-12)17-10-5-11-7-22-13-3-1-2-4-14(13)24(20,21)18(11)6-10/h1-4,8-11H,5-7H2,(H,17,19)/t10-,11-/m0/s1. The summed E-state index contributed by atoms with van der Waals surface area (Å²) < 4.78 is 32.9. The second-order valence-corrected chi connectivity index (χ2v) is 8.34. The van der Waals surface area contributed by atoms with Crippen molar-refractivity contribution >= 4 is 27.3 Å². The molecule has 0 aliphatic carbocycles. The molecule has 1 N–H and O–H groups in total. The lowest BCUT2D eigenvalue weighted by atomic mass is 10.2.